The van der Waals surface area contributed by atoms with Gasteiger partial charge in [0.15, 0.2) is 0 Å². The number of carbonyl (C=O) groups is 1. The van der Waals surface area contributed by atoms with Crippen LogP contribution in [0, 0.1) is 0 Å². The van der Waals surface area contributed by atoms with Gasteiger partial charge in [-0.05, 0) is 57.5 Å². The number of benzene rings is 1. The molecular weight excluding hydrogens is 362 g/mol. The van der Waals surface area contributed by atoms with Crippen molar-refractivity contribution < 1.29 is 9.53 Å². The van der Waals surface area contributed by atoms with Crippen molar-refractivity contribution in [1.82, 2.24) is 15.1 Å². The highest BCUT2D eigenvalue weighted by Crippen LogP contribution is 2.29. The number of nitrogens with one attached hydrogen (secondary N) is 1. The number of carbonyl (C=O) groups excluding carboxylic acids is 1. The molecule has 6 heteroatoms. The molecule has 0 aromatic heterocycles. The molecule has 1 amide bonds. The second-order valence-electron chi connectivity index (χ2n) is 7.85. The van der Waals surface area contributed by atoms with Crippen molar-refractivity contribution in [2.24, 2.45) is 0 Å². The topological polar surface area (TPSA) is 44.8 Å². The summed E-state index contributed by atoms with van der Waals surface area (Å²) in [6.45, 7) is 6.43. The van der Waals surface area contributed by atoms with E-state index in [0.29, 0.717) is 6.42 Å². The van der Waals surface area contributed by atoms with Gasteiger partial charge in [0.2, 0.25) is 5.91 Å². The van der Waals surface area contributed by atoms with E-state index in [1.54, 1.807) is 0 Å². The number of rotatable bonds is 7. The monoisotopic (exact) mass is 393 g/mol. The fourth-order valence-corrected chi connectivity index (χ4v) is 4.40. The zero-order valence-electron chi connectivity index (χ0n) is 16.4. The van der Waals surface area contributed by atoms with Crippen molar-refractivity contribution in [2.45, 2.75) is 37.6 Å². The third kappa shape index (κ3) is 5.67. The van der Waals surface area contributed by atoms with E-state index in [4.69, 9.17) is 16.3 Å². The van der Waals surface area contributed by atoms with Gasteiger partial charge in [0, 0.05) is 36.6 Å². The number of hydrogen-bond acceptors (Lipinski definition) is 4. The van der Waals surface area contributed by atoms with Crippen LogP contribution in [0.3, 0.4) is 0 Å². The standard InChI is InChI=1S/C21H32ClN3O2/c1-24-11-9-21(10-12-24,25-13-15-27-16-14-25)17-23-20(26)8-4-6-18-5-2-3-7-19(18)22/h2-3,5,7H,4,6,8-17H2,1H3,(H,23,26). The predicted molar refractivity (Wildman–Crippen MR) is 109 cm³/mol. The maximum absolute atomic E-state index is 12.5. The maximum Gasteiger partial charge on any atom is 0.220 e. The molecule has 3 rings (SSSR count). The summed E-state index contributed by atoms with van der Waals surface area (Å²) in [5, 5.41) is 4.02. The van der Waals surface area contributed by atoms with Crippen LogP contribution in [0.5, 0.6) is 0 Å². The van der Waals surface area contributed by atoms with Crippen molar-refractivity contribution in [3.63, 3.8) is 0 Å². The number of halogens is 1. The zero-order chi connectivity index (χ0) is 19.1. The molecule has 0 atom stereocenters. The third-order valence-corrected chi connectivity index (χ3v) is 6.39. The largest absolute Gasteiger partial charge is 0.379 e. The minimum atomic E-state index is 0.0781. The van der Waals surface area contributed by atoms with Gasteiger partial charge < -0.3 is 15.0 Å². The van der Waals surface area contributed by atoms with E-state index in [1.165, 1.54) is 0 Å². The predicted octanol–water partition coefficient (Wildman–Crippen LogP) is 2.58. The van der Waals surface area contributed by atoms with E-state index in [9.17, 15) is 4.79 Å². The molecule has 27 heavy (non-hydrogen) atoms. The van der Waals surface area contributed by atoms with Crippen LogP contribution in [0.2, 0.25) is 5.02 Å². The van der Waals surface area contributed by atoms with Gasteiger partial charge in [-0.25, -0.2) is 0 Å². The Hall–Kier alpha value is -1.14. The number of amides is 1. The number of ether oxygens (including phenoxy) is 1. The molecule has 2 heterocycles. The van der Waals surface area contributed by atoms with Crippen LogP contribution in [0.15, 0.2) is 24.3 Å². The first-order valence-corrected chi connectivity index (χ1v) is 10.5. The summed E-state index contributed by atoms with van der Waals surface area (Å²) in [6.07, 6.45) is 4.41. The Morgan fingerprint density at radius 3 is 2.59 bits per heavy atom. The fraction of sp³-hybridized carbons (Fsp3) is 0.667. The van der Waals surface area contributed by atoms with E-state index in [1.807, 2.05) is 24.3 Å². The van der Waals surface area contributed by atoms with Gasteiger partial charge in [0.05, 0.1) is 13.2 Å². The lowest BCUT2D eigenvalue weighted by Gasteiger charge is -2.49. The molecule has 0 bridgehead atoms. The molecule has 1 N–H and O–H groups in total. The molecule has 2 aliphatic rings. The van der Waals surface area contributed by atoms with E-state index < -0.39 is 0 Å². The molecule has 2 saturated heterocycles. The Balaban J connectivity index is 1.49. The second kappa shape index (κ2) is 9.87. The Labute approximate surface area is 168 Å². The van der Waals surface area contributed by atoms with Crippen molar-refractivity contribution in [3.8, 4) is 0 Å². The number of likely N-dealkylation sites (tertiary alicyclic amines) is 1. The Morgan fingerprint density at radius 1 is 1.19 bits per heavy atom. The first-order chi connectivity index (χ1) is 13.1. The van der Waals surface area contributed by atoms with Gasteiger partial charge in [-0.15, -0.1) is 0 Å². The minimum Gasteiger partial charge on any atom is -0.379 e. The molecule has 0 aliphatic carbocycles. The first kappa shape index (κ1) is 20.6. The number of nitrogens with zero attached hydrogens (tertiary/aromatic N) is 2. The molecular formula is C21H32ClN3O2. The van der Waals surface area contributed by atoms with Gasteiger partial charge in [-0.2, -0.15) is 0 Å². The summed E-state index contributed by atoms with van der Waals surface area (Å²) >= 11 is 6.20. The summed E-state index contributed by atoms with van der Waals surface area (Å²) in [6, 6.07) is 7.87. The van der Waals surface area contributed by atoms with E-state index in [-0.39, 0.29) is 11.4 Å². The SMILES string of the molecule is CN1CCC(CNC(=O)CCCc2ccccc2Cl)(N2CCOCC2)CC1. The fourth-order valence-electron chi connectivity index (χ4n) is 4.17. The molecule has 150 valence electrons. The summed E-state index contributed by atoms with van der Waals surface area (Å²) in [4.78, 5) is 17.4. The molecule has 0 saturated carbocycles. The van der Waals surface area contributed by atoms with Crippen LogP contribution in [0.4, 0.5) is 0 Å². The van der Waals surface area contributed by atoms with Crippen LogP contribution < -0.4 is 5.32 Å². The minimum absolute atomic E-state index is 0.0781. The average molecular weight is 394 g/mol. The lowest BCUT2D eigenvalue weighted by molar-refractivity contribution is -0.122. The molecule has 1 aromatic rings. The number of piperidine rings is 1. The Bertz CT molecular complexity index is 611. The summed E-state index contributed by atoms with van der Waals surface area (Å²) in [5.41, 5.74) is 1.20. The Kier molecular flexibility index (Phi) is 7.53. The van der Waals surface area contributed by atoms with Gasteiger partial charge in [-0.3, -0.25) is 9.69 Å². The van der Waals surface area contributed by atoms with Crippen LogP contribution in [-0.4, -0.2) is 74.2 Å². The van der Waals surface area contributed by atoms with Crippen LogP contribution >= 0.6 is 11.6 Å². The van der Waals surface area contributed by atoms with Gasteiger partial charge in [0.25, 0.3) is 0 Å². The highest BCUT2D eigenvalue weighted by Gasteiger charge is 2.39. The molecule has 5 nitrogen and oxygen atoms in total. The summed E-state index contributed by atoms with van der Waals surface area (Å²) < 4.78 is 5.54. The van der Waals surface area contributed by atoms with E-state index >= 15 is 0 Å². The van der Waals surface area contributed by atoms with Crippen LogP contribution in [0.1, 0.15) is 31.2 Å². The molecule has 0 spiro atoms. The van der Waals surface area contributed by atoms with Crippen molar-refractivity contribution in [1.29, 1.82) is 0 Å². The van der Waals surface area contributed by atoms with Crippen molar-refractivity contribution in [3.05, 3.63) is 34.9 Å². The van der Waals surface area contributed by atoms with Gasteiger partial charge in [-0.1, -0.05) is 29.8 Å². The smallest absolute Gasteiger partial charge is 0.220 e. The highest BCUT2D eigenvalue weighted by atomic mass is 35.5. The maximum atomic E-state index is 12.5. The van der Waals surface area contributed by atoms with E-state index in [0.717, 1.165) is 82.2 Å². The number of hydrogen-bond donors (Lipinski definition) is 1. The quantitative estimate of drug-likeness (QED) is 0.773. The molecule has 0 radical (unpaired) electrons. The number of morpholine rings is 1. The van der Waals surface area contributed by atoms with Crippen LogP contribution in [0.25, 0.3) is 0 Å². The normalized spacial score (nSPS) is 21.1. The lowest BCUT2D eigenvalue weighted by atomic mass is 9.85. The number of aryl methyl sites for hydroxylation is 1. The van der Waals surface area contributed by atoms with Gasteiger partial charge in [0.1, 0.15) is 0 Å². The zero-order valence-corrected chi connectivity index (χ0v) is 17.1. The second-order valence-corrected chi connectivity index (χ2v) is 8.26. The molecule has 1 aromatic carbocycles. The molecule has 2 fully saturated rings. The lowest BCUT2D eigenvalue weighted by Crippen LogP contribution is -2.62. The highest BCUT2D eigenvalue weighted by molar-refractivity contribution is 6.31. The van der Waals surface area contributed by atoms with Crippen molar-refractivity contribution >= 4 is 17.5 Å². The first-order valence-electron chi connectivity index (χ1n) is 10.1. The Morgan fingerprint density at radius 2 is 1.89 bits per heavy atom. The average Bonchev–Trinajstić information content (AvgIpc) is 2.70. The van der Waals surface area contributed by atoms with Crippen molar-refractivity contribution in [2.75, 3.05) is 53.0 Å². The van der Waals surface area contributed by atoms with Gasteiger partial charge >= 0.3 is 0 Å². The van der Waals surface area contributed by atoms with Crippen LogP contribution in [-0.2, 0) is 16.0 Å². The molecule has 2 aliphatic heterocycles. The molecule has 0 unspecified atom stereocenters. The summed E-state index contributed by atoms with van der Waals surface area (Å²) in [7, 11) is 2.18. The summed E-state index contributed by atoms with van der Waals surface area (Å²) in [5.74, 6) is 0.147. The third-order valence-electron chi connectivity index (χ3n) is 6.02. The van der Waals surface area contributed by atoms with E-state index in [2.05, 4.69) is 22.2 Å².